The molecule has 74 valence electrons. The molecule has 13 heavy (non-hydrogen) atoms. The molecular weight excluding hydrogens is 162 g/mol. The number of hydrogen-bond acceptors (Lipinski definition) is 2. The van der Waals surface area contributed by atoms with Crippen LogP contribution in [0.4, 0.5) is 0 Å². The predicted molar refractivity (Wildman–Crippen MR) is 52.7 cm³/mol. The Kier molecular flexibility index (Phi) is 2.99. The average Bonchev–Trinajstić information content (AvgIpc) is 2.43. The average molecular weight is 181 g/mol. The first kappa shape index (κ1) is 9.20. The minimum Gasteiger partial charge on any atom is -0.298 e. The molecule has 0 radical (unpaired) electrons. The Balaban J connectivity index is 1.87. The number of nitrogens with zero attached hydrogens (tertiary/aromatic N) is 1. The lowest BCUT2D eigenvalue weighted by atomic mass is 10.1. The highest BCUT2D eigenvalue weighted by molar-refractivity contribution is 5.82. The minimum atomic E-state index is 0.448. The van der Waals surface area contributed by atoms with Gasteiger partial charge in [0.05, 0.1) is 6.54 Å². The van der Waals surface area contributed by atoms with Gasteiger partial charge in [0.25, 0.3) is 0 Å². The van der Waals surface area contributed by atoms with Crippen LogP contribution < -0.4 is 0 Å². The van der Waals surface area contributed by atoms with Crippen molar-refractivity contribution in [3.63, 3.8) is 0 Å². The molecule has 1 heterocycles. The van der Waals surface area contributed by atoms with Gasteiger partial charge in [-0.3, -0.25) is 9.69 Å². The third-order valence-electron chi connectivity index (χ3n) is 3.40. The molecular formula is C11H19NO. The first-order valence-electron chi connectivity index (χ1n) is 5.62. The lowest BCUT2D eigenvalue weighted by Gasteiger charge is -2.25. The quantitative estimate of drug-likeness (QED) is 0.576. The van der Waals surface area contributed by atoms with E-state index in [9.17, 15) is 4.79 Å². The van der Waals surface area contributed by atoms with Crippen molar-refractivity contribution in [2.75, 3.05) is 13.1 Å². The van der Waals surface area contributed by atoms with E-state index in [4.69, 9.17) is 0 Å². The molecule has 0 amide bonds. The predicted octanol–water partition coefficient (Wildman–Crippen LogP) is 1.98. The molecule has 2 heteroatoms. The maximum absolute atomic E-state index is 11.1. The van der Waals surface area contributed by atoms with Crippen LogP contribution in [0.25, 0.3) is 0 Å². The van der Waals surface area contributed by atoms with E-state index in [1.54, 1.807) is 0 Å². The third-order valence-corrected chi connectivity index (χ3v) is 3.40. The van der Waals surface area contributed by atoms with Gasteiger partial charge in [0, 0.05) is 19.0 Å². The zero-order valence-electron chi connectivity index (χ0n) is 8.30. The molecule has 2 aliphatic rings. The SMILES string of the molecule is O=C1CCN(C2CCCCCC2)C1. The summed E-state index contributed by atoms with van der Waals surface area (Å²) >= 11 is 0. The van der Waals surface area contributed by atoms with Gasteiger partial charge in [0.1, 0.15) is 5.78 Å². The Morgan fingerprint density at radius 2 is 1.77 bits per heavy atom. The summed E-state index contributed by atoms with van der Waals surface area (Å²) in [5.41, 5.74) is 0. The molecule has 0 aromatic heterocycles. The van der Waals surface area contributed by atoms with Crippen LogP contribution in [0.15, 0.2) is 0 Å². The van der Waals surface area contributed by atoms with Gasteiger partial charge in [-0.15, -0.1) is 0 Å². The highest BCUT2D eigenvalue weighted by Crippen LogP contribution is 2.23. The minimum absolute atomic E-state index is 0.448. The summed E-state index contributed by atoms with van der Waals surface area (Å²) in [7, 11) is 0. The Labute approximate surface area is 80.3 Å². The molecule has 1 saturated carbocycles. The standard InChI is InChI=1S/C11H19NO/c13-11-7-8-12(9-11)10-5-3-1-2-4-6-10/h10H,1-9H2. The Bertz CT molecular complexity index is 183. The molecule has 2 nitrogen and oxygen atoms in total. The number of rotatable bonds is 1. The molecule has 0 aromatic rings. The number of carbonyl (C=O) groups excluding carboxylic acids is 1. The molecule has 1 aliphatic heterocycles. The lowest BCUT2D eigenvalue weighted by molar-refractivity contribution is -0.117. The fourth-order valence-corrected chi connectivity index (χ4v) is 2.59. The van der Waals surface area contributed by atoms with Gasteiger partial charge >= 0.3 is 0 Å². The second-order valence-corrected chi connectivity index (χ2v) is 4.40. The number of ketones is 1. The van der Waals surface area contributed by atoms with Gasteiger partial charge < -0.3 is 0 Å². The zero-order valence-corrected chi connectivity index (χ0v) is 8.30. The van der Waals surface area contributed by atoms with Crippen molar-refractivity contribution in [1.29, 1.82) is 0 Å². The van der Waals surface area contributed by atoms with Crippen LogP contribution in [0.2, 0.25) is 0 Å². The number of Topliss-reactive ketones (excluding diaryl/α,β-unsaturated/α-hetero) is 1. The van der Waals surface area contributed by atoms with Crippen LogP contribution in [0.5, 0.6) is 0 Å². The maximum Gasteiger partial charge on any atom is 0.148 e. The van der Waals surface area contributed by atoms with Crippen molar-refractivity contribution in [3.05, 3.63) is 0 Å². The van der Waals surface area contributed by atoms with Crippen molar-refractivity contribution in [1.82, 2.24) is 4.90 Å². The van der Waals surface area contributed by atoms with Crippen molar-refractivity contribution in [2.45, 2.75) is 51.0 Å². The van der Waals surface area contributed by atoms with Crippen LogP contribution in [0, 0.1) is 0 Å². The largest absolute Gasteiger partial charge is 0.298 e. The van der Waals surface area contributed by atoms with Gasteiger partial charge in [0.2, 0.25) is 0 Å². The van der Waals surface area contributed by atoms with Crippen LogP contribution in [-0.2, 0) is 4.79 Å². The molecule has 0 aromatic carbocycles. The molecule has 0 unspecified atom stereocenters. The monoisotopic (exact) mass is 181 g/mol. The van der Waals surface area contributed by atoms with Gasteiger partial charge in [0.15, 0.2) is 0 Å². The Morgan fingerprint density at radius 3 is 2.31 bits per heavy atom. The van der Waals surface area contributed by atoms with E-state index in [-0.39, 0.29) is 0 Å². The number of carbonyl (C=O) groups is 1. The Hall–Kier alpha value is -0.370. The lowest BCUT2D eigenvalue weighted by Crippen LogP contribution is -2.32. The molecule has 0 N–H and O–H groups in total. The summed E-state index contributed by atoms with van der Waals surface area (Å²) in [5, 5.41) is 0. The van der Waals surface area contributed by atoms with Crippen LogP contribution in [0.1, 0.15) is 44.9 Å². The molecule has 2 rings (SSSR count). The fraction of sp³-hybridized carbons (Fsp3) is 0.909. The molecule has 1 aliphatic carbocycles. The van der Waals surface area contributed by atoms with Crippen molar-refractivity contribution < 1.29 is 4.79 Å². The van der Waals surface area contributed by atoms with E-state index < -0.39 is 0 Å². The summed E-state index contributed by atoms with van der Waals surface area (Å²) in [4.78, 5) is 13.6. The van der Waals surface area contributed by atoms with E-state index in [1.807, 2.05) is 0 Å². The van der Waals surface area contributed by atoms with E-state index >= 15 is 0 Å². The Morgan fingerprint density at radius 1 is 1.08 bits per heavy atom. The van der Waals surface area contributed by atoms with Gasteiger partial charge in [-0.05, 0) is 12.8 Å². The highest BCUT2D eigenvalue weighted by atomic mass is 16.1. The number of hydrogen-bond donors (Lipinski definition) is 0. The highest BCUT2D eigenvalue weighted by Gasteiger charge is 2.26. The second kappa shape index (κ2) is 4.23. The summed E-state index contributed by atoms with van der Waals surface area (Å²) in [5.74, 6) is 0.448. The fourth-order valence-electron chi connectivity index (χ4n) is 2.59. The molecule has 0 bridgehead atoms. The summed E-state index contributed by atoms with van der Waals surface area (Å²) < 4.78 is 0. The van der Waals surface area contributed by atoms with E-state index in [0.29, 0.717) is 5.78 Å². The van der Waals surface area contributed by atoms with E-state index in [1.165, 1.54) is 38.5 Å². The summed E-state index contributed by atoms with van der Waals surface area (Å²) in [6.07, 6.45) is 9.00. The zero-order chi connectivity index (χ0) is 9.10. The van der Waals surface area contributed by atoms with Gasteiger partial charge in [-0.1, -0.05) is 25.7 Å². The van der Waals surface area contributed by atoms with Gasteiger partial charge in [-0.2, -0.15) is 0 Å². The molecule has 1 saturated heterocycles. The smallest absolute Gasteiger partial charge is 0.148 e. The van der Waals surface area contributed by atoms with Crippen molar-refractivity contribution in [2.24, 2.45) is 0 Å². The van der Waals surface area contributed by atoms with Crippen molar-refractivity contribution >= 4 is 5.78 Å². The third kappa shape index (κ3) is 2.31. The second-order valence-electron chi connectivity index (χ2n) is 4.40. The van der Waals surface area contributed by atoms with Crippen LogP contribution in [0.3, 0.4) is 0 Å². The van der Waals surface area contributed by atoms with Gasteiger partial charge in [-0.25, -0.2) is 0 Å². The first-order chi connectivity index (χ1) is 6.36. The molecule has 0 spiro atoms. The summed E-state index contributed by atoms with van der Waals surface area (Å²) in [6.45, 7) is 1.77. The van der Waals surface area contributed by atoms with Crippen LogP contribution in [-0.4, -0.2) is 29.8 Å². The van der Waals surface area contributed by atoms with E-state index in [2.05, 4.69) is 4.90 Å². The summed E-state index contributed by atoms with van der Waals surface area (Å²) in [6, 6.07) is 0.731. The number of likely N-dealkylation sites (tertiary alicyclic amines) is 1. The molecule has 2 fully saturated rings. The topological polar surface area (TPSA) is 20.3 Å². The maximum atomic E-state index is 11.1. The van der Waals surface area contributed by atoms with E-state index in [0.717, 1.165) is 25.6 Å². The molecule has 0 atom stereocenters. The van der Waals surface area contributed by atoms with Crippen molar-refractivity contribution in [3.8, 4) is 0 Å². The normalized spacial score (nSPS) is 27.8. The van der Waals surface area contributed by atoms with Crippen LogP contribution >= 0.6 is 0 Å². The first-order valence-corrected chi connectivity index (χ1v) is 5.62.